The molecular formula is C14H12O4S. The molecule has 0 atom stereocenters. The summed E-state index contributed by atoms with van der Waals surface area (Å²) in [4.78, 5) is 10.9. The molecule has 0 saturated heterocycles. The lowest BCUT2D eigenvalue weighted by Gasteiger charge is -2.03. The Balaban J connectivity index is 1.92. The predicted octanol–water partition coefficient (Wildman–Crippen LogP) is 2.70. The Morgan fingerprint density at radius 1 is 1.05 bits per heavy atom. The van der Waals surface area contributed by atoms with Gasteiger partial charge in [-0.25, -0.2) is 8.42 Å². The number of rotatable bonds is 4. The summed E-state index contributed by atoms with van der Waals surface area (Å²) < 4.78 is 29.3. The number of benzene rings is 1. The standard InChI is InChI=1S/C14H12O4S/c15-9-11-3-8-14(18-11)10-1-4-12(5-2-10)19(16,17)13-6-7-13/h1-5,8-9,13H,6-7H2. The first kappa shape index (κ1) is 12.2. The summed E-state index contributed by atoms with van der Waals surface area (Å²) >= 11 is 0. The second kappa shape index (κ2) is 4.35. The van der Waals surface area contributed by atoms with Crippen LogP contribution in [0.5, 0.6) is 0 Å². The molecule has 98 valence electrons. The maximum atomic E-state index is 12.0. The third kappa shape index (κ3) is 2.21. The molecule has 0 N–H and O–H groups in total. The Kier molecular flexibility index (Phi) is 2.78. The van der Waals surface area contributed by atoms with Crippen molar-refractivity contribution in [2.75, 3.05) is 0 Å². The van der Waals surface area contributed by atoms with Gasteiger partial charge >= 0.3 is 0 Å². The maximum absolute atomic E-state index is 12.0. The average molecular weight is 276 g/mol. The highest BCUT2D eigenvalue weighted by Crippen LogP contribution is 2.34. The molecule has 0 unspecified atom stereocenters. The van der Waals surface area contributed by atoms with Gasteiger partial charge in [0.05, 0.1) is 10.1 Å². The van der Waals surface area contributed by atoms with Crippen molar-refractivity contribution in [3.63, 3.8) is 0 Å². The molecule has 1 aliphatic rings. The summed E-state index contributed by atoms with van der Waals surface area (Å²) in [6, 6.07) is 9.84. The number of hydrogen-bond acceptors (Lipinski definition) is 4. The van der Waals surface area contributed by atoms with Crippen LogP contribution in [0.25, 0.3) is 11.3 Å². The van der Waals surface area contributed by atoms with Crippen molar-refractivity contribution in [2.24, 2.45) is 0 Å². The van der Waals surface area contributed by atoms with Crippen LogP contribution in [0.15, 0.2) is 45.7 Å². The normalized spacial score (nSPS) is 15.4. The molecule has 0 radical (unpaired) electrons. The van der Waals surface area contributed by atoms with Crippen molar-refractivity contribution >= 4 is 16.1 Å². The molecular weight excluding hydrogens is 264 g/mol. The first-order valence-corrected chi connectivity index (χ1v) is 7.55. The molecule has 1 fully saturated rings. The van der Waals surface area contributed by atoms with E-state index in [1.54, 1.807) is 36.4 Å². The molecule has 0 amide bonds. The van der Waals surface area contributed by atoms with E-state index < -0.39 is 9.84 Å². The second-order valence-electron chi connectivity index (χ2n) is 4.59. The topological polar surface area (TPSA) is 64.3 Å². The number of hydrogen-bond donors (Lipinski definition) is 0. The van der Waals surface area contributed by atoms with E-state index >= 15 is 0 Å². The van der Waals surface area contributed by atoms with Gasteiger partial charge in [-0.3, -0.25) is 4.79 Å². The summed E-state index contributed by atoms with van der Waals surface area (Å²) in [7, 11) is -3.15. The Morgan fingerprint density at radius 2 is 1.74 bits per heavy atom. The van der Waals surface area contributed by atoms with Crippen molar-refractivity contribution in [3.05, 3.63) is 42.2 Å². The molecule has 0 aliphatic heterocycles. The van der Waals surface area contributed by atoms with E-state index in [2.05, 4.69) is 0 Å². The number of aldehydes is 1. The zero-order valence-corrected chi connectivity index (χ0v) is 10.9. The van der Waals surface area contributed by atoms with E-state index in [-0.39, 0.29) is 11.0 Å². The van der Waals surface area contributed by atoms with Gasteiger partial charge in [0.15, 0.2) is 21.9 Å². The van der Waals surface area contributed by atoms with Crippen LogP contribution >= 0.6 is 0 Å². The lowest BCUT2D eigenvalue weighted by molar-refractivity contribution is 0.110. The number of carbonyl (C=O) groups excluding carboxylic acids is 1. The van der Waals surface area contributed by atoms with Crippen LogP contribution in [0, 0.1) is 0 Å². The smallest absolute Gasteiger partial charge is 0.185 e. The third-order valence-corrected chi connectivity index (χ3v) is 5.45. The fourth-order valence-corrected chi connectivity index (χ4v) is 3.61. The van der Waals surface area contributed by atoms with E-state index in [4.69, 9.17) is 4.42 Å². The molecule has 0 bridgehead atoms. The van der Waals surface area contributed by atoms with Crippen LogP contribution in [-0.4, -0.2) is 20.0 Å². The molecule has 4 nitrogen and oxygen atoms in total. The molecule has 19 heavy (non-hydrogen) atoms. The first-order chi connectivity index (χ1) is 9.11. The van der Waals surface area contributed by atoms with Crippen molar-refractivity contribution < 1.29 is 17.6 Å². The van der Waals surface area contributed by atoms with Crippen molar-refractivity contribution in [2.45, 2.75) is 23.0 Å². The van der Waals surface area contributed by atoms with Gasteiger partial charge in [-0.05, 0) is 49.2 Å². The van der Waals surface area contributed by atoms with Gasteiger partial charge < -0.3 is 4.42 Å². The Labute approximate surface area is 111 Å². The quantitative estimate of drug-likeness (QED) is 0.805. The summed E-state index contributed by atoms with van der Waals surface area (Å²) in [5, 5.41) is -0.205. The highest BCUT2D eigenvalue weighted by Gasteiger charge is 2.36. The first-order valence-electron chi connectivity index (χ1n) is 6.00. The van der Waals surface area contributed by atoms with Crippen LogP contribution in [0.3, 0.4) is 0 Å². The molecule has 3 rings (SSSR count). The van der Waals surface area contributed by atoms with E-state index in [0.29, 0.717) is 16.9 Å². The highest BCUT2D eigenvalue weighted by molar-refractivity contribution is 7.92. The van der Waals surface area contributed by atoms with Crippen LogP contribution in [0.4, 0.5) is 0 Å². The lowest BCUT2D eigenvalue weighted by atomic mass is 10.2. The minimum atomic E-state index is -3.15. The Bertz CT molecular complexity index is 706. The number of carbonyl (C=O) groups is 1. The van der Waals surface area contributed by atoms with Crippen molar-refractivity contribution in [3.8, 4) is 11.3 Å². The molecule has 1 aromatic carbocycles. The van der Waals surface area contributed by atoms with E-state index in [1.807, 2.05) is 0 Å². The largest absolute Gasteiger partial charge is 0.453 e. The van der Waals surface area contributed by atoms with Gasteiger partial charge in [0.25, 0.3) is 0 Å². The second-order valence-corrected chi connectivity index (χ2v) is 6.82. The van der Waals surface area contributed by atoms with Gasteiger partial charge in [0, 0.05) is 5.56 Å². The van der Waals surface area contributed by atoms with Gasteiger partial charge in [-0.15, -0.1) is 0 Å². The Morgan fingerprint density at radius 3 is 2.26 bits per heavy atom. The number of furan rings is 1. The van der Waals surface area contributed by atoms with Crippen LogP contribution < -0.4 is 0 Å². The van der Waals surface area contributed by atoms with E-state index in [0.717, 1.165) is 18.4 Å². The molecule has 1 saturated carbocycles. The van der Waals surface area contributed by atoms with E-state index in [1.165, 1.54) is 0 Å². The van der Waals surface area contributed by atoms with Gasteiger partial charge in [-0.2, -0.15) is 0 Å². The SMILES string of the molecule is O=Cc1ccc(-c2ccc(S(=O)(=O)C3CC3)cc2)o1. The van der Waals surface area contributed by atoms with E-state index in [9.17, 15) is 13.2 Å². The van der Waals surface area contributed by atoms with Gasteiger partial charge in [0.1, 0.15) is 5.76 Å². The van der Waals surface area contributed by atoms with Crippen LogP contribution in [0.1, 0.15) is 23.4 Å². The minimum Gasteiger partial charge on any atom is -0.453 e. The molecule has 2 aromatic rings. The Hall–Kier alpha value is -1.88. The molecule has 1 heterocycles. The molecule has 1 aliphatic carbocycles. The van der Waals surface area contributed by atoms with Gasteiger partial charge in [0.2, 0.25) is 0 Å². The number of sulfone groups is 1. The fourth-order valence-electron chi connectivity index (χ4n) is 1.95. The molecule has 0 spiro atoms. The molecule has 5 heteroatoms. The monoisotopic (exact) mass is 276 g/mol. The molecule has 1 aromatic heterocycles. The summed E-state index contributed by atoms with van der Waals surface area (Å²) in [6.45, 7) is 0. The summed E-state index contributed by atoms with van der Waals surface area (Å²) in [5.74, 6) is 0.808. The minimum absolute atomic E-state index is 0.205. The zero-order valence-electron chi connectivity index (χ0n) is 10.1. The summed E-state index contributed by atoms with van der Waals surface area (Å²) in [6.07, 6.45) is 2.14. The highest BCUT2D eigenvalue weighted by atomic mass is 32.2. The van der Waals surface area contributed by atoms with Crippen LogP contribution in [0.2, 0.25) is 0 Å². The summed E-state index contributed by atoms with van der Waals surface area (Å²) in [5.41, 5.74) is 0.753. The van der Waals surface area contributed by atoms with Crippen molar-refractivity contribution in [1.82, 2.24) is 0 Å². The zero-order chi connectivity index (χ0) is 13.5. The third-order valence-electron chi connectivity index (χ3n) is 3.17. The fraction of sp³-hybridized carbons (Fsp3) is 0.214. The lowest BCUT2D eigenvalue weighted by Crippen LogP contribution is -2.06. The van der Waals surface area contributed by atoms with Crippen molar-refractivity contribution in [1.29, 1.82) is 0 Å². The maximum Gasteiger partial charge on any atom is 0.185 e. The van der Waals surface area contributed by atoms with Gasteiger partial charge in [-0.1, -0.05) is 0 Å². The van der Waals surface area contributed by atoms with Crippen LogP contribution in [-0.2, 0) is 9.84 Å². The predicted molar refractivity (Wildman–Crippen MR) is 69.7 cm³/mol. The average Bonchev–Trinajstić information content (AvgIpc) is 3.18.